The van der Waals surface area contributed by atoms with E-state index in [0.29, 0.717) is 16.8 Å². The van der Waals surface area contributed by atoms with Crippen LogP contribution in [0.4, 0.5) is 0 Å². The molecule has 1 unspecified atom stereocenters. The van der Waals surface area contributed by atoms with Crippen LogP contribution >= 0.6 is 0 Å². The standard InChI is InChI=1S/C22H22N2O4/c1-15(2)20-22(28)23(14-19(25)26)18(16-9-5-3-6-10-16)13-24(20)21(27)17-11-7-4-8-12-17/h3-13,15,20H,14H2,1-2H3,(H,25,26)/p-1. The number of hydrogen-bond acceptors (Lipinski definition) is 4. The van der Waals surface area contributed by atoms with Gasteiger partial charge in [0.05, 0.1) is 18.2 Å². The molecule has 0 fully saturated rings. The van der Waals surface area contributed by atoms with Gasteiger partial charge >= 0.3 is 0 Å². The number of rotatable bonds is 5. The van der Waals surface area contributed by atoms with Crippen LogP contribution in [0, 0.1) is 5.92 Å². The van der Waals surface area contributed by atoms with Crippen molar-refractivity contribution in [1.29, 1.82) is 0 Å². The van der Waals surface area contributed by atoms with Gasteiger partial charge in [0.1, 0.15) is 6.04 Å². The van der Waals surface area contributed by atoms with E-state index in [2.05, 4.69) is 0 Å². The summed E-state index contributed by atoms with van der Waals surface area (Å²) in [5.41, 5.74) is 1.46. The maximum Gasteiger partial charge on any atom is 0.258 e. The Labute approximate surface area is 163 Å². The zero-order chi connectivity index (χ0) is 20.3. The van der Waals surface area contributed by atoms with Gasteiger partial charge in [-0.15, -0.1) is 0 Å². The van der Waals surface area contributed by atoms with E-state index in [1.165, 1.54) is 9.80 Å². The first-order valence-corrected chi connectivity index (χ1v) is 9.06. The fourth-order valence-electron chi connectivity index (χ4n) is 3.33. The number of carboxylic acid groups (broad SMARTS) is 1. The first-order chi connectivity index (χ1) is 13.4. The molecule has 0 aliphatic carbocycles. The molecule has 0 spiro atoms. The number of aliphatic carboxylic acids is 1. The number of carboxylic acids is 1. The molecule has 1 aliphatic rings. The van der Waals surface area contributed by atoms with Gasteiger partial charge in [-0.05, 0) is 23.6 Å². The highest BCUT2D eigenvalue weighted by molar-refractivity contribution is 6.03. The molecule has 1 aliphatic heterocycles. The first-order valence-electron chi connectivity index (χ1n) is 9.06. The average Bonchev–Trinajstić information content (AvgIpc) is 2.69. The molecule has 144 valence electrons. The summed E-state index contributed by atoms with van der Waals surface area (Å²) in [4.78, 5) is 40.3. The Bertz CT molecular complexity index is 907. The molecule has 2 aromatic carbocycles. The molecule has 1 heterocycles. The maximum absolute atomic E-state index is 13.2. The highest BCUT2D eigenvalue weighted by atomic mass is 16.4. The summed E-state index contributed by atoms with van der Waals surface area (Å²) in [7, 11) is 0. The predicted octanol–water partition coefficient (Wildman–Crippen LogP) is 1.74. The van der Waals surface area contributed by atoms with Crippen molar-refractivity contribution in [3.8, 4) is 0 Å². The van der Waals surface area contributed by atoms with E-state index in [1.54, 1.807) is 54.7 Å². The van der Waals surface area contributed by atoms with Gasteiger partial charge in [0, 0.05) is 11.8 Å². The third-order valence-corrected chi connectivity index (χ3v) is 4.61. The molecule has 0 aromatic heterocycles. The fourth-order valence-corrected chi connectivity index (χ4v) is 3.33. The quantitative estimate of drug-likeness (QED) is 0.795. The van der Waals surface area contributed by atoms with Crippen LogP contribution in [0.5, 0.6) is 0 Å². The molecule has 3 rings (SSSR count). The average molecular weight is 377 g/mol. The van der Waals surface area contributed by atoms with E-state index in [0.717, 1.165) is 0 Å². The van der Waals surface area contributed by atoms with Gasteiger partial charge in [0.25, 0.3) is 11.8 Å². The molecule has 0 saturated carbocycles. The Kier molecular flexibility index (Phi) is 5.59. The normalized spacial score (nSPS) is 16.9. The zero-order valence-corrected chi connectivity index (χ0v) is 15.7. The van der Waals surface area contributed by atoms with Crippen molar-refractivity contribution in [2.75, 3.05) is 6.54 Å². The lowest BCUT2D eigenvalue weighted by molar-refractivity contribution is -0.305. The van der Waals surface area contributed by atoms with Gasteiger partial charge in [-0.25, -0.2) is 0 Å². The topological polar surface area (TPSA) is 80.8 Å². The molecule has 2 aromatic rings. The number of carbonyl (C=O) groups is 3. The number of benzene rings is 2. The van der Waals surface area contributed by atoms with Gasteiger partial charge in [0.2, 0.25) is 0 Å². The van der Waals surface area contributed by atoms with Crippen LogP contribution in [0.15, 0.2) is 66.9 Å². The maximum atomic E-state index is 13.2. The van der Waals surface area contributed by atoms with Crippen molar-refractivity contribution < 1.29 is 19.5 Å². The summed E-state index contributed by atoms with van der Waals surface area (Å²) >= 11 is 0. The van der Waals surface area contributed by atoms with Gasteiger partial charge in [0.15, 0.2) is 0 Å². The zero-order valence-electron chi connectivity index (χ0n) is 15.7. The minimum atomic E-state index is -1.36. The number of hydrogen-bond donors (Lipinski definition) is 0. The molecule has 0 N–H and O–H groups in total. The highest BCUT2D eigenvalue weighted by Crippen LogP contribution is 2.30. The summed E-state index contributed by atoms with van der Waals surface area (Å²) in [5.74, 6) is -2.32. The van der Waals surface area contributed by atoms with Crippen molar-refractivity contribution in [3.63, 3.8) is 0 Å². The highest BCUT2D eigenvalue weighted by Gasteiger charge is 2.40. The summed E-state index contributed by atoms with van der Waals surface area (Å²) < 4.78 is 0. The van der Waals surface area contributed by atoms with Gasteiger partial charge in [-0.1, -0.05) is 62.4 Å². The Balaban J connectivity index is 2.14. The monoisotopic (exact) mass is 377 g/mol. The molecule has 0 radical (unpaired) electrons. The number of carbonyl (C=O) groups excluding carboxylic acids is 3. The Morgan fingerprint density at radius 3 is 2.11 bits per heavy atom. The molecule has 1 atom stereocenters. The minimum absolute atomic E-state index is 0.210. The van der Waals surface area contributed by atoms with Crippen molar-refractivity contribution in [3.05, 3.63) is 78.0 Å². The summed E-state index contributed by atoms with van der Waals surface area (Å²) in [5, 5.41) is 11.3. The van der Waals surface area contributed by atoms with Crippen LogP contribution in [0.3, 0.4) is 0 Å². The first kappa shape index (κ1) is 19.4. The van der Waals surface area contributed by atoms with Crippen molar-refractivity contribution in [1.82, 2.24) is 9.80 Å². The summed E-state index contributed by atoms with van der Waals surface area (Å²) in [6, 6.07) is 16.8. The van der Waals surface area contributed by atoms with Crippen LogP contribution in [-0.2, 0) is 9.59 Å². The van der Waals surface area contributed by atoms with E-state index >= 15 is 0 Å². The Morgan fingerprint density at radius 2 is 1.57 bits per heavy atom. The van der Waals surface area contributed by atoms with E-state index in [-0.39, 0.29) is 11.8 Å². The van der Waals surface area contributed by atoms with E-state index < -0.39 is 24.5 Å². The smallest absolute Gasteiger partial charge is 0.258 e. The van der Waals surface area contributed by atoms with E-state index in [4.69, 9.17) is 0 Å². The second-order valence-corrected chi connectivity index (χ2v) is 6.94. The van der Waals surface area contributed by atoms with Crippen LogP contribution < -0.4 is 5.11 Å². The van der Waals surface area contributed by atoms with Gasteiger partial charge in [-0.2, -0.15) is 0 Å². The second kappa shape index (κ2) is 8.08. The van der Waals surface area contributed by atoms with Gasteiger partial charge in [-0.3, -0.25) is 9.59 Å². The summed E-state index contributed by atoms with van der Waals surface area (Å²) in [6.07, 6.45) is 1.57. The predicted molar refractivity (Wildman–Crippen MR) is 102 cm³/mol. The number of nitrogens with zero attached hydrogens (tertiary/aromatic N) is 2. The second-order valence-electron chi connectivity index (χ2n) is 6.94. The molecule has 0 bridgehead atoms. The van der Waals surface area contributed by atoms with Crippen molar-refractivity contribution in [2.24, 2.45) is 5.92 Å². The van der Waals surface area contributed by atoms with Crippen LogP contribution in [0.25, 0.3) is 5.70 Å². The van der Waals surface area contributed by atoms with Crippen LogP contribution in [0.1, 0.15) is 29.8 Å². The Morgan fingerprint density at radius 1 is 1.00 bits per heavy atom. The lowest BCUT2D eigenvalue weighted by atomic mass is 9.96. The minimum Gasteiger partial charge on any atom is -0.548 e. The lowest BCUT2D eigenvalue weighted by Gasteiger charge is -2.41. The molecule has 28 heavy (non-hydrogen) atoms. The number of amides is 2. The molecule has 6 heteroatoms. The molecule has 2 amide bonds. The lowest BCUT2D eigenvalue weighted by Crippen LogP contribution is -2.56. The molecular formula is C22H21N2O4-. The molecule has 6 nitrogen and oxygen atoms in total. The summed E-state index contributed by atoms with van der Waals surface area (Å²) in [6.45, 7) is 3.08. The third kappa shape index (κ3) is 3.81. The Hall–Kier alpha value is -3.41. The molecule has 0 saturated heterocycles. The fraction of sp³-hybridized carbons (Fsp3) is 0.227. The van der Waals surface area contributed by atoms with Crippen molar-refractivity contribution in [2.45, 2.75) is 19.9 Å². The van der Waals surface area contributed by atoms with E-state index in [9.17, 15) is 19.5 Å². The largest absolute Gasteiger partial charge is 0.548 e. The van der Waals surface area contributed by atoms with Crippen LogP contribution in [-0.4, -0.2) is 40.2 Å². The SMILES string of the molecule is CC(C)C1C(=O)N(CC(=O)[O-])C(c2ccccc2)=CN1C(=O)c1ccccc1. The van der Waals surface area contributed by atoms with Crippen LogP contribution in [0.2, 0.25) is 0 Å². The van der Waals surface area contributed by atoms with E-state index in [1.807, 2.05) is 26.0 Å². The third-order valence-electron chi connectivity index (χ3n) is 4.61. The van der Waals surface area contributed by atoms with Crippen molar-refractivity contribution >= 4 is 23.5 Å². The van der Waals surface area contributed by atoms with Gasteiger partial charge < -0.3 is 19.7 Å². The molecular weight excluding hydrogens is 356 g/mol.